The Morgan fingerprint density at radius 1 is 1.20 bits per heavy atom. The number of carbonyl (C=O) groups is 2. The highest BCUT2D eigenvalue weighted by Gasteiger charge is 2.22. The van der Waals surface area contributed by atoms with Gasteiger partial charge in [-0.3, -0.25) is 9.59 Å². The highest BCUT2D eigenvalue weighted by Crippen LogP contribution is 2.20. The van der Waals surface area contributed by atoms with Gasteiger partial charge in [0.2, 0.25) is 5.91 Å². The summed E-state index contributed by atoms with van der Waals surface area (Å²) in [7, 11) is 0. The van der Waals surface area contributed by atoms with Crippen LogP contribution in [0.4, 0.5) is 5.69 Å². The number of ether oxygens (including phenoxy) is 1. The molecule has 2 aliphatic rings. The van der Waals surface area contributed by atoms with Crippen molar-refractivity contribution in [3.63, 3.8) is 0 Å². The minimum Gasteiger partial charge on any atom is -0.378 e. The predicted octanol–water partition coefficient (Wildman–Crippen LogP) is 2.05. The summed E-state index contributed by atoms with van der Waals surface area (Å²) in [6, 6.07) is 7.28. The lowest BCUT2D eigenvalue weighted by Gasteiger charge is -2.27. The molecule has 0 bridgehead atoms. The third-order valence-corrected chi connectivity index (χ3v) is 4.51. The fourth-order valence-electron chi connectivity index (χ4n) is 3.22. The van der Waals surface area contributed by atoms with E-state index in [-0.39, 0.29) is 30.3 Å². The topological polar surface area (TPSA) is 70.7 Å². The van der Waals surface area contributed by atoms with Crippen molar-refractivity contribution in [2.24, 2.45) is 0 Å². The number of amides is 2. The third-order valence-electron chi connectivity index (χ3n) is 4.51. The molecule has 2 N–H and O–H groups in total. The van der Waals surface area contributed by atoms with Crippen molar-refractivity contribution in [3.8, 4) is 0 Å². The van der Waals surface area contributed by atoms with Gasteiger partial charge < -0.3 is 20.3 Å². The SMILES string of the molecule is Cl.O=C(CC1COCCN1)Nc1ccccc1C(=O)N1CCCCC1. The summed E-state index contributed by atoms with van der Waals surface area (Å²) in [5, 5.41) is 6.16. The van der Waals surface area contributed by atoms with Crippen LogP contribution in [0, 0.1) is 0 Å². The average molecular weight is 368 g/mol. The molecule has 3 rings (SSSR count). The summed E-state index contributed by atoms with van der Waals surface area (Å²) in [4.78, 5) is 26.9. The zero-order chi connectivity index (χ0) is 16.8. The summed E-state index contributed by atoms with van der Waals surface area (Å²) in [6.45, 7) is 3.59. The van der Waals surface area contributed by atoms with Gasteiger partial charge in [-0.1, -0.05) is 12.1 Å². The molecule has 0 spiro atoms. The van der Waals surface area contributed by atoms with Crippen LogP contribution >= 0.6 is 12.4 Å². The molecule has 1 aromatic carbocycles. The fraction of sp³-hybridized carbons (Fsp3) is 0.556. The van der Waals surface area contributed by atoms with Gasteiger partial charge in [-0.25, -0.2) is 0 Å². The Morgan fingerprint density at radius 3 is 2.68 bits per heavy atom. The molecule has 2 fully saturated rings. The molecule has 0 aliphatic carbocycles. The van der Waals surface area contributed by atoms with E-state index in [9.17, 15) is 9.59 Å². The Balaban J connectivity index is 0.00000225. The number of nitrogens with one attached hydrogen (secondary N) is 2. The van der Waals surface area contributed by atoms with E-state index in [1.807, 2.05) is 17.0 Å². The number of likely N-dealkylation sites (tertiary alicyclic amines) is 1. The molecule has 25 heavy (non-hydrogen) atoms. The van der Waals surface area contributed by atoms with E-state index in [2.05, 4.69) is 10.6 Å². The molecule has 2 amide bonds. The number of piperidine rings is 1. The molecular weight excluding hydrogens is 342 g/mol. The largest absolute Gasteiger partial charge is 0.378 e. The van der Waals surface area contributed by atoms with Gasteiger partial charge >= 0.3 is 0 Å². The maximum atomic E-state index is 12.7. The van der Waals surface area contributed by atoms with Gasteiger partial charge in [-0.15, -0.1) is 12.4 Å². The molecule has 1 aromatic rings. The monoisotopic (exact) mass is 367 g/mol. The molecule has 2 aliphatic heterocycles. The molecule has 0 aromatic heterocycles. The summed E-state index contributed by atoms with van der Waals surface area (Å²) in [5.41, 5.74) is 1.16. The highest BCUT2D eigenvalue weighted by atomic mass is 35.5. The number of rotatable bonds is 4. The molecule has 7 heteroatoms. The zero-order valence-corrected chi connectivity index (χ0v) is 15.1. The number of anilines is 1. The first-order valence-corrected chi connectivity index (χ1v) is 8.73. The molecular formula is C18H26ClN3O3. The second kappa shape index (κ2) is 9.75. The van der Waals surface area contributed by atoms with Crippen molar-refractivity contribution < 1.29 is 14.3 Å². The van der Waals surface area contributed by atoms with Crippen LogP contribution in [0.25, 0.3) is 0 Å². The number of hydrogen-bond donors (Lipinski definition) is 2. The summed E-state index contributed by atoms with van der Waals surface area (Å²) < 4.78 is 5.37. The van der Waals surface area contributed by atoms with Gasteiger partial charge in [0.15, 0.2) is 0 Å². The lowest BCUT2D eigenvalue weighted by molar-refractivity contribution is -0.117. The first-order valence-electron chi connectivity index (χ1n) is 8.73. The Labute approximate surface area is 154 Å². The Morgan fingerprint density at radius 2 is 1.96 bits per heavy atom. The van der Waals surface area contributed by atoms with Crippen LogP contribution in [-0.2, 0) is 9.53 Å². The lowest BCUT2D eigenvalue weighted by atomic mass is 10.1. The maximum Gasteiger partial charge on any atom is 0.255 e. The van der Waals surface area contributed by atoms with E-state index >= 15 is 0 Å². The van der Waals surface area contributed by atoms with Crippen LogP contribution in [0.3, 0.4) is 0 Å². The van der Waals surface area contributed by atoms with Crippen LogP contribution in [0.15, 0.2) is 24.3 Å². The fourth-order valence-corrected chi connectivity index (χ4v) is 3.22. The molecule has 1 atom stereocenters. The van der Waals surface area contributed by atoms with E-state index in [1.165, 1.54) is 6.42 Å². The van der Waals surface area contributed by atoms with Gasteiger partial charge in [0.1, 0.15) is 0 Å². The van der Waals surface area contributed by atoms with E-state index in [0.717, 1.165) is 32.5 Å². The van der Waals surface area contributed by atoms with Gasteiger partial charge in [0.25, 0.3) is 5.91 Å². The van der Waals surface area contributed by atoms with Crippen molar-refractivity contribution in [3.05, 3.63) is 29.8 Å². The van der Waals surface area contributed by atoms with Crippen LogP contribution in [0.2, 0.25) is 0 Å². The van der Waals surface area contributed by atoms with Crippen molar-refractivity contribution in [2.45, 2.75) is 31.7 Å². The number of morpholine rings is 1. The van der Waals surface area contributed by atoms with Crippen molar-refractivity contribution in [1.29, 1.82) is 0 Å². The molecule has 138 valence electrons. The summed E-state index contributed by atoms with van der Waals surface area (Å²) >= 11 is 0. The van der Waals surface area contributed by atoms with Gasteiger partial charge in [0.05, 0.1) is 24.5 Å². The number of hydrogen-bond acceptors (Lipinski definition) is 4. The second-order valence-electron chi connectivity index (χ2n) is 6.38. The molecule has 2 saturated heterocycles. The lowest BCUT2D eigenvalue weighted by Crippen LogP contribution is -2.43. The standard InChI is InChI=1S/C18H25N3O3.ClH/c22-17(12-14-13-24-11-8-19-14)20-16-7-3-2-6-15(16)18(23)21-9-4-1-5-10-21;/h2-3,6-7,14,19H,1,4-5,8-13H2,(H,20,22);1H. The Hall–Kier alpha value is -1.63. The number of halogens is 1. The van der Waals surface area contributed by atoms with E-state index in [4.69, 9.17) is 4.74 Å². The predicted molar refractivity (Wildman–Crippen MR) is 99.3 cm³/mol. The van der Waals surface area contributed by atoms with E-state index in [0.29, 0.717) is 30.9 Å². The van der Waals surface area contributed by atoms with Crippen LogP contribution in [0.1, 0.15) is 36.0 Å². The summed E-state index contributed by atoms with van der Waals surface area (Å²) in [6.07, 6.45) is 3.62. The molecule has 0 saturated carbocycles. The molecule has 2 heterocycles. The number of carbonyl (C=O) groups excluding carboxylic acids is 2. The van der Waals surface area contributed by atoms with E-state index in [1.54, 1.807) is 12.1 Å². The van der Waals surface area contributed by atoms with Crippen molar-refractivity contribution in [1.82, 2.24) is 10.2 Å². The minimum absolute atomic E-state index is 0. The van der Waals surface area contributed by atoms with Gasteiger partial charge in [0, 0.05) is 32.1 Å². The highest BCUT2D eigenvalue weighted by molar-refractivity contribution is 6.03. The number of benzene rings is 1. The normalized spacial score (nSPS) is 20.5. The first kappa shape index (κ1) is 19.7. The third kappa shape index (κ3) is 5.42. The van der Waals surface area contributed by atoms with Gasteiger partial charge in [-0.2, -0.15) is 0 Å². The minimum atomic E-state index is -0.100. The van der Waals surface area contributed by atoms with Crippen LogP contribution in [-0.4, -0.2) is 55.6 Å². The Kier molecular flexibility index (Phi) is 7.68. The van der Waals surface area contributed by atoms with Gasteiger partial charge in [-0.05, 0) is 31.4 Å². The summed E-state index contributed by atoms with van der Waals surface area (Å²) in [5.74, 6) is -0.0957. The zero-order valence-electron chi connectivity index (χ0n) is 14.3. The van der Waals surface area contributed by atoms with Crippen LogP contribution in [0.5, 0.6) is 0 Å². The Bertz CT molecular complexity index is 585. The number of nitrogens with zero attached hydrogens (tertiary/aromatic N) is 1. The van der Waals surface area contributed by atoms with Crippen molar-refractivity contribution >= 4 is 29.9 Å². The number of para-hydroxylation sites is 1. The molecule has 6 nitrogen and oxygen atoms in total. The quantitative estimate of drug-likeness (QED) is 0.854. The molecule has 1 unspecified atom stereocenters. The van der Waals surface area contributed by atoms with E-state index < -0.39 is 0 Å². The average Bonchev–Trinajstić information content (AvgIpc) is 2.63. The van der Waals surface area contributed by atoms with Crippen LogP contribution < -0.4 is 10.6 Å². The maximum absolute atomic E-state index is 12.7. The first-order chi connectivity index (χ1) is 11.7. The smallest absolute Gasteiger partial charge is 0.255 e. The second-order valence-corrected chi connectivity index (χ2v) is 6.38. The van der Waals surface area contributed by atoms with Crippen molar-refractivity contribution in [2.75, 3.05) is 38.2 Å². The molecule has 0 radical (unpaired) electrons.